The molecule has 1 aliphatic carbocycles. The Kier molecular flexibility index (Phi) is 6.28. The number of halogens is 4. The molecule has 5 aliphatic rings. The Hall–Kier alpha value is -2.82. The SMILES string of the molecule is Oc1cc(Cl)c(C2CC2)c(-c2c(F)cc3c(N4CC5CCC(C4)N5)nc(OC[C@@]45CCCN4C[C@H](F)C5)nc3c2F)c1. The molecule has 4 saturated heterocycles. The van der Waals surface area contributed by atoms with Crippen molar-refractivity contribution in [3.63, 3.8) is 0 Å². The lowest BCUT2D eigenvalue weighted by atomic mass is 9.94. The molecule has 1 aromatic heterocycles. The number of nitrogens with one attached hydrogen (secondary N) is 1. The van der Waals surface area contributed by atoms with Crippen LogP contribution < -0.4 is 15.0 Å². The molecule has 0 radical (unpaired) electrons. The van der Waals surface area contributed by atoms with Crippen LogP contribution >= 0.6 is 11.6 Å². The summed E-state index contributed by atoms with van der Waals surface area (Å²) in [7, 11) is 0. The summed E-state index contributed by atoms with van der Waals surface area (Å²) in [4.78, 5) is 13.5. The molecule has 0 spiro atoms. The molecule has 0 amide bonds. The van der Waals surface area contributed by atoms with Crippen molar-refractivity contribution in [3.05, 3.63) is 40.4 Å². The van der Waals surface area contributed by atoms with Gasteiger partial charge in [0.25, 0.3) is 0 Å². The Labute approximate surface area is 247 Å². The number of rotatable bonds is 6. The number of piperazine rings is 1. The number of anilines is 1. The maximum absolute atomic E-state index is 16.6. The average Bonchev–Trinajstić information content (AvgIpc) is 3.51. The van der Waals surface area contributed by atoms with Gasteiger partial charge in [0.05, 0.1) is 11.1 Å². The van der Waals surface area contributed by atoms with E-state index in [4.69, 9.17) is 21.3 Å². The number of aromatic nitrogens is 2. The third-order valence-corrected chi connectivity index (χ3v) is 10.3. The second-order valence-electron chi connectivity index (χ2n) is 12.8. The molecule has 11 heteroatoms. The van der Waals surface area contributed by atoms with Crippen LogP contribution in [0, 0.1) is 11.6 Å². The average molecular weight is 600 g/mol. The predicted molar refractivity (Wildman–Crippen MR) is 154 cm³/mol. The van der Waals surface area contributed by atoms with Gasteiger partial charge in [-0.25, -0.2) is 13.2 Å². The zero-order valence-corrected chi connectivity index (χ0v) is 23.9. The molecule has 5 fully saturated rings. The Morgan fingerprint density at radius 3 is 2.62 bits per heavy atom. The van der Waals surface area contributed by atoms with Gasteiger partial charge in [-0.1, -0.05) is 11.6 Å². The number of benzene rings is 2. The van der Waals surface area contributed by atoms with E-state index < -0.39 is 23.3 Å². The van der Waals surface area contributed by atoms with Crippen molar-refractivity contribution in [1.29, 1.82) is 0 Å². The number of hydrogen-bond acceptors (Lipinski definition) is 7. The number of ether oxygens (including phenoxy) is 1. The lowest BCUT2D eigenvalue weighted by Gasteiger charge is -2.34. The minimum atomic E-state index is -0.906. The van der Waals surface area contributed by atoms with Gasteiger partial charge in [-0.3, -0.25) is 4.90 Å². The van der Waals surface area contributed by atoms with Gasteiger partial charge in [-0.2, -0.15) is 9.97 Å². The first-order chi connectivity index (χ1) is 20.3. The normalized spacial score (nSPS) is 29.0. The number of fused-ring (bicyclic) bond motifs is 4. The number of phenolic OH excluding ortho intramolecular Hbond substituents is 1. The van der Waals surface area contributed by atoms with Gasteiger partial charge in [0.2, 0.25) is 0 Å². The lowest BCUT2D eigenvalue weighted by Crippen LogP contribution is -2.51. The minimum Gasteiger partial charge on any atom is -0.508 e. The van der Waals surface area contributed by atoms with Crippen molar-refractivity contribution >= 4 is 28.3 Å². The number of phenols is 1. The molecule has 2 unspecified atom stereocenters. The number of aromatic hydroxyl groups is 1. The molecule has 5 heterocycles. The third-order valence-electron chi connectivity index (χ3n) is 9.96. The van der Waals surface area contributed by atoms with Crippen LogP contribution in [0.2, 0.25) is 5.02 Å². The summed E-state index contributed by atoms with van der Waals surface area (Å²) in [6, 6.07) is 4.63. The third kappa shape index (κ3) is 4.40. The van der Waals surface area contributed by atoms with E-state index in [1.165, 1.54) is 18.2 Å². The number of alkyl halides is 1. The van der Waals surface area contributed by atoms with Crippen molar-refractivity contribution in [3.8, 4) is 22.9 Å². The van der Waals surface area contributed by atoms with Crippen molar-refractivity contribution < 1.29 is 23.0 Å². The van der Waals surface area contributed by atoms with Crippen molar-refractivity contribution in [2.24, 2.45) is 0 Å². The zero-order valence-electron chi connectivity index (χ0n) is 23.2. The number of nitrogens with zero attached hydrogens (tertiary/aromatic N) is 4. The molecule has 4 atom stereocenters. The molecule has 2 aromatic carbocycles. The van der Waals surface area contributed by atoms with E-state index in [9.17, 15) is 9.50 Å². The van der Waals surface area contributed by atoms with E-state index in [1.807, 2.05) is 0 Å². The molecule has 2 N–H and O–H groups in total. The van der Waals surface area contributed by atoms with Crippen molar-refractivity contribution in [2.45, 2.75) is 74.7 Å². The fourth-order valence-electron chi connectivity index (χ4n) is 7.93. The highest BCUT2D eigenvalue weighted by Gasteiger charge is 2.49. The molecule has 4 aliphatic heterocycles. The second kappa shape index (κ2) is 9.86. The molecule has 42 heavy (non-hydrogen) atoms. The first kappa shape index (κ1) is 26.8. The van der Waals surface area contributed by atoms with E-state index in [2.05, 4.69) is 20.1 Å². The summed E-state index contributed by atoms with van der Waals surface area (Å²) in [6.45, 7) is 2.73. The van der Waals surface area contributed by atoms with Crippen molar-refractivity contribution in [2.75, 3.05) is 37.7 Å². The van der Waals surface area contributed by atoms with E-state index >= 15 is 8.78 Å². The standard InChI is InChI=1S/C31H33ClF3N5O2/c32-23-9-20(41)8-21(25(23)16-2-3-16)26-24(34)10-22-28(27(26)35)37-30(38-29(22)39-13-18-4-5-19(14-39)36-18)42-15-31-6-1-7-40(31)12-17(33)11-31/h8-10,16-19,36,41H,1-7,11-15H2/t17-,18?,19?,31+/m1/s1. The quantitative estimate of drug-likeness (QED) is 0.376. The molecule has 3 aromatic rings. The molecule has 1 saturated carbocycles. The maximum Gasteiger partial charge on any atom is 0.319 e. The van der Waals surface area contributed by atoms with Crippen LogP contribution in [0.15, 0.2) is 18.2 Å². The van der Waals surface area contributed by atoms with Gasteiger partial charge < -0.3 is 20.1 Å². The monoisotopic (exact) mass is 599 g/mol. The van der Waals surface area contributed by atoms with Crippen LogP contribution in [-0.4, -0.2) is 76.6 Å². The summed E-state index contributed by atoms with van der Waals surface area (Å²) in [6.07, 6.45) is 5.07. The highest BCUT2D eigenvalue weighted by atomic mass is 35.5. The number of hydrogen-bond donors (Lipinski definition) is 2. The highest BCUT2D eigenvalue weighted by Crippen LogP contribution is 2.50. The molecule has 8 rings (SSSR count). The van der Waals surface area contributed by atoms with Gasteiger partial charge in [0.15, 0.2) is 5.82 Å². The molecular formula is C31H33ClF3N5O2. The van der Waals surface area contributed by atoms with E-state index in [0.717, 1.165) is 45.1 Å². The first-order valence-electron chi connectivity index (χ1n) is 15.0. The Morgan fingerprint density at radius 1 is 1.07 bits per heavy atom. The fraction of sp³-hybridized carbons (Fsp3) is 0.548. The summed E-state index contributed by atoms with van der Waals surface area (Å²) in [5, 5.41) is 14.5. The molecular weight excluding hydrogens is 567 g/mol. The van der Waals surface area contributed by atoms with Crippen LogP contribution in [0.25, 0.3) is 22.0 Å². The second-order valence-corrected chi connectivity index (χ2v) is 13.3. The lowest BCUT2D eigenvalue weighted by molar-refractivity contribution is 0.107. The maximum atomic E-state index is 16.6. The summed E-state index contributed by atoms with van der Waals surface area (Å²) >= 11 is 6.49. The molecule has 7 nitrogen and oxygen atoms in total. The largest absolute Gasteiger partial charge is 0.508 e. The van der Waals surface area contributed by atoms with Gasteiger partial charge in [-0.15, -0.1) is 0 Å². The van der Waals surface area contributed by atoms with Crippen LogP contribution in [0.5, 0.6) is 11.8 Å². The van der Waals surface area contributed by atoms with Crippen LogP contribution in [0.1, 0.15) is 56.4 Å². The smallest absolute Gasteiger partial charge is 0.319 e. The summed E-state index contributed by atoms with van der Waals surface area (Å²) in [5.41, 5.74) is 0.140. The van der Waals surface area contributed by atoms with Crippen LogP contribution in [0.4, 0.5) is 19.0 Å². The first-order valence-corrected chi connectivity index (χ1v) is 15.4. The van der Waals surface area contributed by atoms with Crippen LogP contribution in [-0.2, 0) is 0 Å². The fourth-order valence-corrected chi connectivity index (χ4v) is 8.30. The van der Waals surface area contributed by atoms with Gasteiger partial charge in [0, 0.05) is 48.5 Å². The highest BCUT2D eigenvalue weighted by molar-refractivity contribution is 6.32. The summed E-state index contributed by atoms with van der Waals surface area (Å²) < 4.78 is 53.3. The van der Waals surface area contributed by atoms with Gasteiger partial charge in [0.1, 0.15) is 35.7 Å². The minimum absolute atomic E-state index is 0.000251. The Balaban J connectivity index is 1.26. The van der Waals surface area contributed by atoms with Gasteiger partial charge in [-0.05, 0) is 80.3 Å². The molecule has 2 bridgehead atoms. The van der Waals surface area contributed by atoms with Gasteiger partial charge >= 0.3 is 6.01 Å². The van der Waals surface area contributed by atoms with E-state index in [-0.39, 0.29) is 63.4 Å². The Bertz CT molecular complexity index is 1580. The van der Waals surface area contributed by atoms with E-state index in [0.29, 0.717) is 37.4 Å². The zero-order chi connectivity index (χ0) is 28.7. The topological polar surface area (TPSA) is 73.8 Å². The van der Waals surface area contributed by atoms with Crippen LogP contribution in [0.3, 0.4) is 0 Å². The van der Waals surface area contributed by atoms with E-state index in [1.54, 1.807) is 0 Å². The molecule has 222 valence electrons. The summed E-state index contributed by atoms with van der Waals surface area (Å²) in [5.74, 6) is -1.25. The predicted octanol–water partition coefficient (Wildman–Crippen LogP) is 5.71. The Morgan fingerprint density at radius 2 is 1.86 bits per heavy atom. The van der Waals surface area contributed by atoms with Crippen molar-refractivity contribution in [1.82, 2.24) is 20.2 Å².